The summed E-state index contributed by atoms with van der Waals surface area (Å²) < 4.78 is 23.7. The fraction of sp³-hybridized carbons (Fsp3) is 0.125. The van der Waals surface area contributed by atoms with Gasteiger partial charge in [-0.25, -0.2) is 9.18 Å². The molecule has 24 heavy (non-hydrogen) atoms. The van der Waals surface area contributed by atoms with Gasteiger partial charge in [-0.15, -0.1) is 0 Å². The van der Waals surface area contributed by atoms with Crippen molar-refractivity contribution in [1.82, 2.24) is 0 Å². The number of carbonyl (C=O) groups is 1. The van der Waals surface area contributed by atoms with Gasteiger partial charge in [0, 0.05) is 11.6 Å². The van der Waals surface area contributed by atoms with Crippen molar-refractivity contribution in [1.29, 1.82) is 5.26 Å². The van der Waals surface area contributed by atoms with E-state index in [0.717, 1.165) is 6.07 Å². The second kappa shape index (κ2) is 8.20. The van der Waals surface area contributed by atoms with E-state index in [9.17, 15) is 9.18 Å². The summed E-state index contributed by atoms with van der Waals surface area (Å²) in [6.45, 7) is -0.768. The SMILES string of the molecule is N#Cc1ccc(F)c(COC(=O)COc2cc(Cl)c(Cl)cc2Cl)c1. The minimum absolute atomic E-state index is 0.0926. The molecule has 0 heterocycles. The zero-order valence-corrected chi connectivity index (χ0v) is 14.3. The summed E-state index contributed by atoms with van der Waals surface area (Å²) in [5.41, 5.74) is 0.358. The number of halogens is 4. The van der Waals surface area contributed by atoms with E-state index in [2.05, 4.69) is 0 Å². The topological polar surface area (TPSA) is 59.3 Å². The average Bonchev–Trinajstić information content (AvgIpc) is 2.56. The van der Waals surface area contributed by atoms with Crippen LogP contribution in [0.15, 0.2) is 30.3 Å². The first-order chi connectivity index (χ1) is 11.4. The molecular weight excluding hydrogens is 380 g/mol. The van der Waals surface area contributed by atoms with Gasteiger partial charge in [-0.05, 0) is 24.3 Å². The van der Waals surface area contributed by atoms with Gasteiger partial charge in [-0.1, -0.05) is 34.8 Å². The number of hydrogen-bond donors (Lipinski definition) is 0. The standard InChI is InChI=1S/C16H9Cl3FNO3/c17-11-4-13(19)15(5-12(11)18)23-8-16(22)24-7-10-3-9(6-21)1-2-14(10)20/h1-5H,7-8H2. The quantitative estimate of drug-likeness (QED) is 0.546. The summed E-state index contributed by atoms with van der Waals surface area (Å²) in [6, 6.07) is 8.40. The van der Waals surface area contributed by atoms with Crippen LogP contribution in [-0.4, -0.2) is 12.6 Å². The van der Waals surface area contributed by atoms with Crippen LogP contribution in [0.5, 0.6) is 5.75 Å². The van der Waals surface area contributed by atoms with Gasteiger partial charge in [0.15, 0.2) is 6.61 Å². The molecule has 0 saturated carbocycles. The molecule has 0 saturated heterocycles. The maximum absolute atomic E-state index is 13.6. The highest BCUT2D eigenvalue weighted by Gasteiger charge is 2.12. The van der Waals surface area contributed by atoms with Crippen LogP contribution in [-0.2, 0) is 16.1 Å². The third-order valence-corrected chi connectivity index (χ3v) is 3.90. The molecular formula is C16H9Cl3FNO3. The van der Waals surface area contributed by atoms with Gasteiger partial charge < -0.3 is 9.47 Å². The van der Waals surface area contributed by atoms with Crippen molar-refractivity contribution in [3.8, 4) is 11.8 Å². The van der Waals surface area contributed by atoms with E-state index in [1.54, 1.807) is 0 Å². The summed E-state index contributed by atoms with van der Waals surface area (Å²) >= 11 is 17.5. The molecule has 0 unspecified atom stereocenters. The first-order valence-corrected chi connectivity index (χ1v) is 7.65. The molecule has 124 valence electrons. The molecule has 0 aliphatic heterocycles. The predicted octanol–water partition coefficient (Wildman–Crippen LogP) is 4.78. The number of esters is 1. The van der Waals surface area contributed by atoms with E-state index in [0.29, 0.717) is 0 Å². The first kappa shape index (κ1) is 18.3. The molecule has 2 rings (SSSR count). The smallest absolute Gasteiger partial charge is 0.344 e. The van der Waals surface area contributed by atoms with E-state index < -0.39 is 18.4 Å². The van der Waals surface area contributed by atoms with Gasteiger partial charge >= 0.3 is 5.97 Å². The molecule has 0 amide bonds. The van der Waals surface area contributed by atoms with Crippen molar-refractivity contribution < 1.29 is 18.7 Å². The molecule has 0 aromatic heterocycles. The molecule has 0 spiro atoms. The van der Waals surface area contributed by atoms with Crippen molar-refractivity contribution in [2.75, 3.05) is 6.61 Å². The Morgan fingerprint density at radius 2 is 1.83 bits per heavy atom. The van der Waals surface area contributed by atoms with E-state index >= 15 is 0 Å². The number of carbonyl (C=O) groups excluding carboxylic acids is 1. The second-order valence-corrected chi connectivity index (χ2v) is 5.79. The highest BCUT2D eigenvalue weighted by Crippen LogP contribution is 2.33. The lowest BCUT2D eigenvalue weighted by atomic mass is 10.1. The zero-order valence-electron chi connectivity index (χ0n) is 12.0. The lowest BCUT2D eigenvalue weighted by Gasteiger charge is -2.10. The van der Waals surface area contributed by atoms with E-state index in [-0.39, 0.29) is 38.6 Å². The Bertz CT molecular complexity index is 821. The van der Waals surface area contributed by atoms with Gasteiger partial charge in [0.1, 0.15) is 18.2 Å². The van der Waals surface area contributed by atoms with Crippen LogP contribution in [0.1, 0.15) is 11.1 Å². The van der Waals surface area contributed by atoms with Crippen LogP contribution < -0.4 is 4.74 Å². The third kappa shape index (κ3) is 4.75. The lowest BCUT2D eigenvalue weighted by Crippen LogP contribution is -2.15. The van der Waals surface area contributed by atoms with Crippen LogP contribution in [0.3, 0.4) is 0 Å². The Labute approximate surface area is 152 Å². The Hall–Kier alpha value is -2.00. The predicted molar refractivity (Wildman–Crippen MR) is 87.9 cm³/mol. The number of nitriles is 1. The molecule has 2 aromatic rings. The Kier molecular flexibility index (Phi) is 6.27. The number of ether oxygens (including phenoxy) is 2. The monoisotopic (exact) mass is 387 g/mol. The summed E-state index contributed by atoms with van der Waals surface area (Å²) in [5.74, 6) is -1.14. The van der Waals surface area contributed by atoms with E-state index in [1.165, 1.54) is 24.3 Å². The summed E-state index contributed by atoms with van der Waals surface area (Å²) in [6.07, 6.45) is 0. The average molecular weight is 389 g/mol. The van der Waals surface area contributed by atoms with E-state index in [4.69, 9.17) is 49.5 Å². The fourth-order valence-corrected chi connectivity index (χ4v) is 2.30. The number of hydrogen-bond acceptors (Lipinski definition) is 4. The zero-order chi connectivity index (χ0) is 17.7. The molecule has 0 aliphatic rings. The number of rotatable bonds is 5. The van der Waals surface area contributed by atoms with E-state index in [1.807, 2.05) is 6.07 Å². The molecule has 0 bridgehead atoms. The normalized spacial score (nSPS) is 10.1. The number of benzene rings is 2. The first-order valence-electron chi connectivity index (χ1n) is 6.52. The molecule has 0 fully saturated rings. The van der Waals surface area contributed by atoms with Crippen molar-refractivity contribution in [2.45, 2.75) is 6.61 Å². The number of nitrogens with zero attached hydrogens (tertiary/aromatic N) is 1. The van der Waals surface area contributed by atoms with Gasteiger partial charge in [0.25, 0.3) is 0 Å². The maximum Gasteiger partial charge on any atom is 0.344 e. The van der Waals surface area contributed by atoms with Crippen LogP contribution in [0.2, 0.25) is 15.1 Å². The van der Waals surface area contributed by atoms with Gasteiger partial charge in [-0.3, -0.25) is 0 Å². The molecule has 0 atom stereocenters. The fourth-order valence-electron chi connectivity index (χ4n) is 1.71. The van der Waals surface area contributed by atoms with Crippen molar-refractivity contribution in [3.05, 3.63) is 62.3 Å². The molecule has 2 aromatic carbocycles. The van der Waals surface area contributed by atoms with Crippen molar-refractivity contribution in [3.63, 3.8) is 0 Å². The second-order valence-electron chi connectivity index (χ2n) is 4.56. The minimum atomic E-state index is -0.737. The van der Waals surface area contributed by atoms with Crippen LogP contribution in [0, 0.1) is 17.1 Å². The lowest BCUT2D eigenvalue weighted by molar-refractivity contribution is -0.147. The Morgan fingerprint density at radius 3 is 2.54 bits per heavy atom. The van der Waals surface area contributed by atoms with Crippen LogP contribution in [0.4, 0.5) is 4.39 Å². The highest BCUT2D eigenvalue weighted by molar-refractivity contribution is 6.43. The Morgan fingerprint density at radius 1 is 1.12 bits per heavy atom. The maximum atomic E-state index is 13.6. The molecule has 0 radical (unpaired) electrons. The largest absolute Gasteiger partial charge is 0.480 e. The summed E-state index contributed by atoms with van der Waals surface area (Å²) in [4.78, 5) is 11.7. The van der Waals surface area contributed by atoms with Crippen LogP contribution in [0.25, 0.3) is 0 Å². The Balaban J connectivity index is 1.93. The summed E-state index contributed by atoms with van der Waals surface area (Å²) in [5, 5.41) is 9.44. The van der Waals surface area contributed by atoms with Crippen molar-refractivity contribution >= 4 is 40.8 Å². The minimum Gasteiger partial charge on any atom is -0.480 e. The molecule has 8 heteroatoms. The van der Waals surface area contributed by atoms with Gasteiger partial charge in [0.2, 0.25) is 0 Å². The van der Waals surface area contributed by atoms with Gasteiger partial charge in [-0.2, -0.15) is 5.26 Å². The van der Waals surface area contributed by atoms with Crippen LogP contribution >= 0.6 is 34.8 Å². The van der Waals surface area contributed by atoms with Gasteiger partial charge in [0.05, 0.1) is 26.7 Å². The molecule has 0 aliphatic carbocycles. The third-order valence-electron chi connectivity index (χ3n) is 2.88. The summed E-state index contributed by atoms with van der Waals surface area (Å²) in [7, 11) is 0. The highest BCUT2D eigenvalue weighted by atomic mass is 35.5. The molecule has 0 N–H and O–H groups in total. The van der Waals surface area contributed by atoms with Crippen molar-refractivity contribution in [2.24, 2.45) is 0 Å². The molecule has 4 nitrogen and oxygen atoms in total.